The van der Waals surface area contributed by atoms with Crippen LogP contribution in [-0.4, -0.2) is 20.0 Å². The van der Waals surface area contributed by atoms with E-state index >= 15 is 0 Å². The van der Waals surface area contributed by atoms with Gasteiger partial charge in [0.05, 0.1) is 19.8 Å². The molecule has 0 aliphatic heterocycles. The van der Waals surface area contributed by atoms with Crippen LogP contribution in [0.1, 0.15) is 17.3 Å². The van der Waals surface area contributed by atoms with Gasteiger partial charge in [0.25, 0.3) is 0 Å². The van der Waals surface area contributed by atoms with Crippen molar-refractivity contribution in [3.05, 3.63) is 35.9 Å². The Morgan fingerprint density at radius 1 is 1.00 bits per heavy atom. The molecule has 2 aromatic rings. The number of benzene rings is 2. The highest BCUT2D eigenvalue weighted by Gasteiger charge is 2.13. The minimum atomic E-state index is -0.00781. The summed E-state index contributed by atoms with van der Waals surface area (Å²) in [4.78, 5) is 11.5. The number of carbonyl (C=O) groups is 1. The van der Waals surface area contributed by atoms with Gasteiger partial charge in [-0.25, -0.2) is 0 Å². The van der Waals surface area contributed by atoms with Gasteiger partial charge in [0.2, 0.25) is 0 Å². The fourth-order valence-electron chi connectivity index (χ4n) is 1.98. The third kappa shape index (κ3) is 1.84. The zero-order chi connectivity index (χ0) is 12.4. The van der Waals surface area contributed by atoms with Crippen molar-refractivity contribution in [3.63, 3.8) is 0 Å². The van der Waals surface area contributed by atoms with Crippen LogP contribution in [0, 0.1) is 0 Å². The number of methoxy groups -OCH3 is 2. The van der Waals surface area contributed by atoms with Crippen molar-refractivity contribution >= 4 is 16.6 Å². The van der Waals surface area contributed by atoms with Crippen molar-refractivity contribution in [1.29, 1.82) is 0 Å². The Balaban J connectivity index is 2.82. The van der Waals surface area contributed by atoms with Gasteiger partial charge in [-0.1, -0.05) is 12.1 Å². The van der Waals surface area contributed by atoms with Crippen LogP contribution in [0.2, 0.25) is 0 Å². The number of Topliss-reactive ketones (excluding diaryl/α,β-unsaturated/α-hetero) is 1. The Bertz CT molecular complexity index is 573. The molecule has 2 aromatic carbocycles. The number of fused-ring (bicyclic) bond motifs is 1. The van der Waals surface area contributed by atoms with E-state index in [9.17, 15) is 4.79 Å². The molecule has 0 aliphatic carbocycles. The van der Waals surface area contributed by atoms with Gasteiger partial charge in [-0.05, 0) is 25.1 Å². The van der Waals surface area contributed by atoms with Gasteiger partial charge in [-0.2, -0.15) is 0 Å². The van der Waals surface area contributed by atoms with Crippen molar-refractivity contribution in [2.45, 2.75) is 6.92 Å². The first kappa shape index (κ1) is 11.5. The lowest BCUT2D eigenvalue weighted by atomic mass is 10.0. The molecule has 0 saturated carbocycles. The Hall–Kier alpha value is -2.03. The molecule has 3 heteroatoms. The number of hydrogen-bond acceptors (Lipinski definition) is 3. The highest BCUT2D eigenvalue weighted by Crippen LogP contribution is 2.34. The molecule has 0 unspecified atom stereocenters. The summed E-state index contributed by atoms with van der Waals surface area (Å²) in [5, 5.41) is 1.83. The van der Waals surface area contributed by atoms with Crippen LogP contribution in [0.4, 0.5) is 0 Å². The number of carbonyl (C=O) groups excluding carboxylic acids is 1. The van der Waals surface area contributed by atoms with Gasteiger partial charge in [0, 0.05) is 10.8 Å². The molecule has 88 valence electrons. The van der Waals surface area contributed by atoms with Crippen molar-refractivity contribution < 1.29 is 14.3 Å². The van der Waals surface area contributed by atoms with E-state index in [1.807, 2.05) is 24.3 Å². The standard InChI is InChI=1S/C14H14O3/c1-9(15)10-7-8-11-12(14(10)17-3)5-4-6-13(11)16-2/h4-8H,1-3H3. The second-order valence-electron chi connectivity index (χ2n) is 3.76. The molecule has 0 heterocycles. The van der Waals surface area contributed by atoms with E-state index in [4.69, 9.17) is 9.47 Å². The lowest BCUT2D eigenvalue weighted by molar-refractivity contribution is 0.101. The Kier molecular flexibility index (Phi) is 3.00. The highest BCUT2D eigenvalue weighted by atomic mass is 16.5. The third-order valence-electron chi connectivity index (χ3n) is 2.78. The van der Waals surface area contributed by atoms with E-state index in [0.717, 1.165) is 16.5 Å². The van der Waals surface area contributed by atoms with Gasteiger partial charge in [0.15, 0.2) is 5.78 Å². The second kappa shape index (κ2) is 4.45. The summed E-state index contributed by atoms with van der Waals surface area (Å²) in [5.41, 5.74) is 0.591. The summed E-state index contributed by atoms with van der Waals surface area (Å²) in [5.74, 6) is 1.37. The fourth-order valence-corrected chi connectivity index (χ4v) is 1.98. The molecule has 0 bridgehead atoms. The topological polar surface area (TPSA) is 35.5 Å². The van der Waals surface area contributed by atoms with Crippen LogP contribution in [-0.2, 0) is 0 Å². The molecule has 0 saturated heterocycles. The predicted molar refractivity (Wildman–Crippen MR) is 67.1 cm³/mol. The fraction of sp³-hybridized carbons (Fsp3) is 0.214. The largest absolute Gasteiger partial charge is 0.496 e. The first-order valence-corrected chi connectivity index (χ1v) is 5.33. The SMILES string of the molecule is COc1cccc2c(OC)c(C(C)=O)ccc12. The predicted octanol–water partition coefficient (Wildman–Crippen LogP) is 3.06. The first-order valence-electron chi connectivity index (χ1n) is 5.33. The van der Waals surface area contributed by atoms with E-state index in [0.29, 0.717) is 11.3 Å². The maximum Gasteiger partial charge on any atom is 0.163 e. The lowest BCUT2D eigenvalue weighted by Crippen LogP contribution is -1.98. The average molecular weight is 230 g/mol. The van der Waals surface area contributed by atoms with Crippen molar-refractivity contribution in [2.75, 3.05) is 14.2 Å². The molecule has 2 rings (SSSR count). The van der Waals surface area contributed by atoms with Crippen molar-refractivity contribution in [1.82, 2.24) is 0 Å². The molecule has 3 nitrogen and oxygen atoms in total. The Morgan fingerprint density at radius 2 is 1.76 bits per heavy atom. The molecule has 0 N–H and O–H groups in total. The zero-order valence-electron chi connectivity index (χ0n) is 10.1. The van der Waals surface area contributed by atoms with Gasteiger partial charge in [-0.15, -0.1) is 0 Å². The third-order valence-corrected chi connectivity index (χ3v) is 2.78. The summed E-state index contributed by atoms with van der Waals surface area (Å²) in [7, 11) is 3.20. The summed E-state index contributed by atoms with van der Waals surface area (Å²) >= 11 is 0. The number of hydrogen-bond donors (Lipinski definition) is 0. The maximum absolute atomic E-state index is 11.5. The van der Waals surface area contributed by atoms with E-state index in [1.54, 1.807) is 20.3 Å². The lowest BCUT2D eigenvalue weighted by Gasteiger charge is -2.11. The van der Waals surface area contributed by atoms with Crippen molar-refractivity contribution in [2.24, 2.45) is 0 Å². The molecule has 0 atom stereocenters. The monoisotopic (exact) mass is 230 g/mol. The summed E-state index contributed by atoms with van der Waals surface area (Å²) < 4.78 is 10.6. The van der Waals surface area contributed by atoms with Gasteiger partial charge in [-0.3, -0.25) is 4.79 Å². The van der Waals surface area contributed by atoms with Crippen LogP contribution in [0.5, 0.6) is 11.5 Å². The molecule has 0 aromatic heterocycles. The summed E-state index contributed by atoms with van der Waals surface area (Å²) in [6.07, 6.45) is 0. The number of ether oxygens (including phenoxy) is 2. The van der Waals surface area contributed by atoms with E-state index < -0.39 is 0 Å². The number of rotatable bonds is 3. The summed E-state index contributed by atoms with van der Waals surface area (Å²) in [6, 6.07) is 9.34. The Labute approximate surface area is 100.0 Å². The van der Waals surface area contributed by atoms with E-state index in [-0.39, 0.29) is 5.78 Å². The van der Waals surface area contributed by atoms with Crippen LogP contribution in [0.15, 0.2) is 30.3 Å². The van der Waals surface area contributed by atoms with Gasteiger partial charge in [0.1, 0.15) is 11.5 Å². The second-order valence-corrected chi connectivity index (χ2v) is 3.76. The molecular weight excluding hydrogens is 216 g/mol. The quantitative estimate of drug-likeness (QED) is 0.760. The van der Waals surface area contributed by atoms with E-state index in [2.05, 4.69) is 0 Å². The van der Waals surface area contributed by atoms with Crippen molar-refractivity contribution in [3.8, 4) is 11.5 Å². The molecule has 0 spiro atoms. The minimum Gasteiger partial charge on any atom is -0.496 e. The first-order chi connectivity index (χ1) is 8.19. The molecular formula is C14H14O3. The zero-order valence-corrected chi connectivity index (χ0v) is 10.1. The normalized spacial score (nSPS) is 10.3. The highest BCUT2D eigenvalue weighted by molar-refractivity contribution is 6.05. The van der Waals surface area contributed by atoms with E-state index in [1.165, 1.54) is 6.92 Å². The molecule has 0 amide bonds. The van der Waals surface area contributed by atoms with Gasteiger partial charge < -0.3 is 9.47 Å². The molecule has 17 heavy (non-hydrogen) atoms. The minimum absolute atomic E-state index is 0.00781. The number of ketones is 1. The summed E-state index contributed by atoms with van der Waals surface area (Å²) in [6.45, 7) is 1.53. The van der Waals surface area contributed by atoms with Gasteiger partial charge >= 0.3 is 0 Å². The maximum atomic E-state index is 11.5. The van der Waals surface area contributed by atoms with Crippen LogP contribution in [0.25, 0.3) is 10.8 Å². The molecule has 0 radical (unpaired) electrons. The molecule has 0 fully saturated rings. The van der Waals surface area contributed by atoms with Crippen LogP contribution >= 0.6 is 0 Å². The average Bonchev–Trinajstić information content (AvgIpc) is 2.36. The van der Waals surface area contributed by atoms with Crippen LogP contribution in [0.3, 0.4) is 0 Å². The smallest absolute Gasteiger partial charge is 0.163 e. The van der Waals surface area contributed by atoms with Crippen LogP contribution < -0.4 is 9.47 Å². The molecule has 0 aliphatic rings. The Morgan fingerprint density at radius 3 is 2.35 bits per heavy atom.